The number of hydrogen-bond donors (Lipinski definition) is 4. The first-order valence-electron chi connectivity index (χ1n) is 11.1. The number of benzene rings is 2. The summed E-state index contributed by atoms with van der Waals surface area (Å²) in [6.45, 7) is 4.23. The Hall–Kier alpha value is -4.04. The third kappa shape index (κ3) is 7.48. The number of ketones is 1. The van der Waals surface area contributed by atoms with E-state index in [9.17, 15) is 30.0 Å². The number of allylic oxidation sites excluding steroid dienone is 2. The Labute approximate surface area is 204 Å². The van der Waals surface area contributed by atoms with Crippen LogP contribution < -0.4 is 4.74 Å². The number of phenols is 2. The van der Waals surface area contributed by atoms with Crippen LogP contribution in [0.5, 0.6) is 17.2 Å². The second-order valence-electron chi connectivity index (χ2n) is 7.62. The molecule has 8 heteroatoms. The molecule has 2 aromatic rings. The van der Waals surface area contributed by atoms with Gasteiger partial charge in [-0.2, -0.15) is 0 Å². The van der Waals surface area contributed by atoms with Crippen LogP contribution in [0.25, 0.3) is 12.2 Å². The van der Waals surface area contributed by atoms with Gasteiger partial charge in [0, 0.05) is 18.7 Å². The summed E-state index contributed by atoms with van der Waals surface area (Å²) in [6.07, 6.45) is 5.25. The van der Waals surface area contributed by atoms with E-state index in [-0.39, 0.29) is 47.5 Å². The highest BCUT2D eigenvalue weighted by Crippen LogP contribution is 2.27. The molecule has 0 saturated carbocycles. The van der Waals surface area contributed by atoms with Crippen LogP contribution in [0.4, 0.5) is 0 Å². The van der Waals surface area contributed by atoms with E-state index in [1.165, 1.54) is 43.5 Å². The Bertz CT molecular complexity index is 1140. The maximum Gasteiger partial charge on any atom is 0.227 e. The number of carbonyl (C=O) groups is 2. The molecule has 0 bridgehead atoms. The molecule has 0 radical (unpaired) electrons. The van der Waals surface area contributed by atoms with Gasteiger partial charge < -0.3 is 30.1 Å². The lowest BCUT2D eigenvalue weighted by molar-refractivity contribution is -0.130. The molecule has 0 fully saturated rings. The first-order chi connectivity index (χ1) is 16.7. The number of hydrogen-bond acceptors (Lipinski definition) is 7. The fourth-order valence-electron chi connectivity index (χ4n) is 3.33. The predicted molar refractivity (Wildman–Crippen MR) is 134 cm³/mol. The van der Waals surface area contributed by atoms with Crippen molar-refractivity contribution in [2.75, 3.05) is 20.2 Å². The molecule has 186 valence electrons. The van der Waals surface area contributed by atoms with Crippen molar-refractivity contribution in [3.8, 4) is 17.2 Å². The molecule has 0 unspecified atom stereocenters. The number of amides is 1. The number of aliphatic hydroxyl groups excluding tert-OH is 2. The minimum Gasteiger partial charge on any atom is -0.508 e. The zero-order valence-corrected chi connectivity index (χ0v) is 20.1. The zero-order chi connectivity index (χ0) is 26.0. The van der Waals surface area contributed by atoms with Gasteiger partial charge in [0.15, 0.2) is 17.3 Å². The van der Waals surface area contributed by atoms with Gasteiger partial charge >= 0.3 is 0 Å². The third-order valence-electron chi connectivity index (χ3n) is 5.39. The molecule has 0 heterocycles. The van der Waals surface area contributed by atoms with Crippen molar-refractivity contribution in [3.05, 3.63) is 76.6 Å². The summed E-state index contributed by atoms with van der Waals surface area (Å²) < 4.78 is 5.07. The van der Waals surface area contributed by atoms with Crippen LogP contribution >= 0.6 is 0 Å². The molecular weight excluding hydrogens is 450 g/mol. The minimum absolute atomic E-state index is 0.0391. The number of aromatic hydroxyl groups is 2. The zero-order valence-electron chi connectivity index (χ0n) is 20.1. The van der Waals surface area contributed by atoms with Crippen LogP contribution in [0, 0.1) is 0 Å². The van der Waals surface area contributed by atoms with Crippen LogP contribution in [-0.2, 0) is 16.2 Å². The highest BCUT2D eigenvalue weighted by atomic mass is 16.5. The average Bonchev–Trinajstić information content (AvgIpc) is 2.86. The van der Waals surface area contributed by atoms with Gasteiger partial charge in [-0.25, -0.2) is 0 Å². The minimum atomic E-state index is -0.554. The topological polar surface area (TPSA) is 128 Å². The lowest BCUT2D eigenvalue weighted by Crippen LogP contribution is -2.31. The molecule has 4 N–H and O–H groups in total. The third-order valence-corrected chi connectivity index (χ3v) is 5.39. The molecule has 2 aromatic carbocycles. The second kappa shape index (κ2) is 13.0. The quantitative estimate of drug-likeness (QED) is 0.217. The summed E-state index contributed by atoms with van der Waals surface area (Å²) >= 11 is 0. The van der Waals surface area contributed by atoms with E-state index in [2.05, 4.69) is 0 Å². The lowest BCUT2D eigenvalue weighted by Gasteiger charge is -2.19. The van der Waals surface area contributed by atoms with E-state index in [0.29, 0.717) is 29.8 Å². The first kappa shape index (κ1) is 27.2. The van der Waals surface area contributed by atoms with Crippen LogP contribution in [0.1, 0.15) is 37.0 Å². The highest BCUT2D eigenvalue weighted by molar-refractivity contribution is 6.09. The first-order valence-corrected chi connectivity index (χ1v) is 11.1. The number of rotatable bonds is 11. The Morgan fingerprint density at radius 3 is 2.14 bits per heavy atom. The highest BCUT2D eigenvalue weighted by Gasteiger charge is 2.19. The van der Waals surface area contributed by atoms with Gasteiger partial charge in [-0.05, 0) is 61.4 Å². The number of ether oxygens (including phenoxy) is 1. The Kier molecular flexibility index (Phi) is 10.1. The SMILES string of the molecule is CCN(CC)C(=O)C/C(C(=O)/C=C/c1ccc(O)c(OC)c1)=C(O)\C=C\c1ccc(O)c(CO)c1. The summed E-state index contributed by atoms with van der Waals surface area (Å²) in [5.41, 5.74) is 1.39. The van der Waals surface area contributed by atoms with Gasteiger partial charge in [0.05, 0.1) is 25.7 Å². The Morgan fingerprint density at radius 1 is 0.943 bits per heavy atom. The summed E-state index contributed by atoms with van der Waals surface area (Å²) in [7, 11) is 1.41. The van der Waals surface area contributed by atoms with Crippen LogP contribution in [0.15, 0.2) is 59.9 Å². The van der Waals surface area contributed by atoms with Crippen LogP contribution in [0.2, 0.25) is 0 Å². The Balaban J connectivity index is 2.40. The van der Waals surface area contributed by atoms with Crippen molar-refractivity contribution in [2.45, 2.75) is 26.9 Å². The van der Waals surface area contributed by atoms with Crippen molar-refractivity contribution in [3.63, 3.8) is 0 Å². The number of phenolic OH excluding ortho intramolecular Hbond substituents is 1. The molecule has 0 saturated heterocycles. The number of nitrogens with zero attached hydrogens (tertiary/aromatic N) is 1. The maximum absolute atomic E-state index is 13.0. The number of carbonyl (C=O) groups excluding carboxylic acids is 2. The maximum atomic E-state index is 13.0. The standard InChI is InChI=1S/C27H31NO7/c1-4-28(5-2)27(34)16-21(23(31)11-7-18-6-10-22(30)20(14-18)17-29)24(32)12-8-19-9-13-25(33)26(15-19)35-3/h6-15,29-31,33H,4-5,16-17H2,1-3H3/b11-7+,12-8+,23-21-. The molecule has 35 heavy (non-hydrogen) atoms. The van der Waals surface area contributed by atoms with Crippen molar-refractivity contribution in [2.24, 2.45) is 0 Å². The smallest absolute Gasteiger partial charge is 0.227 e. The molecule has 0 aliphatic rings. The fourth-order valence-corrected chi connectivity index (χ4v) is 3.33. The van der Waals surface area contributed by atoms with E-state index < -0.39 is 5.78 Å². The molecule has 0 aliphatic carbocycles. The van der Waals surface area contributed by atoms with Crippen LogP contribution in [-0.4, -0.2) is 57.2 Å². The predicted octanol–water partition coefficient (Wildman–Crippen LogP) is 3.97. The molecule has 0 atom stereocenters. The monoisotopic (exact) mass is 481 g/mol. The summed E-state index contributed by atoms with van der Waals surface area (Å²) in [4.78, 5) is 27.3. The van der Waals surface area contributed by atoms with E-state index in [4.69, 9.17) is 4.74 Å². The normalized spacial score (nSPS) is 12.1. The molecule has 2 rings (SSSR count). The Morgan fingerprint density at radius 2 is 1.54 bits per heavy atom. The van der Waals surface area contributed by atoms with E-state index in [1.807, 2.05) is 13.8 Å². The summed E-state index contributed by atoms with van der Waals surface area (Å²) in [5.74, 6) is -1.08. The average molecular weight is 482 g/mol. The van der Waals surface area contributed by atoms with Gasteiger partial charge in [-0.15, -0.1) is 0 Å². The van der Waals surface area contributed by atoms with E-state index in [0.717, 1.165) is 0 Å². The van der Waals surface area contributed by atoms with Crippen molar-refractivity contribution in [1.29, 1.82) is 0 Å². The van der Waals surface area contributed by atoms with Crippen molar-refractivity contribution in [1.82, 2.24) is 4.90 Å². The second-order valence-corrected chi connectivity index (χ2v) is 7.62. The van der Waals surface area contributed by atoms with Gasteiger partial charge in [0.25, 0.3) is 0 Å². The van der Waals surface area contributed by atoms with Crippen molar-refractivity contribution < 1.29 is 34.8 Å². The van der Waals surface area contributed by atoms with E-state index >= 15 is 0 Å². The fraction of sp³-hybridized carbons (Fsp3) is 0.259. The number of methoxy groups -OCH3 is 1. The van der Waals surface area contributed by atoms with Crippen molar-refractivity contribution >= 4 is 23.8 Å². The molecular formula is C27H31NO7. The number of aliphatic hydroxyl groups is 2. The summed E-state index contributed by atoms with van der Waals surface area (Å²) in [5, 5.41) is 39.5. The molecule has 0 spiro atoms. The molecule has 1 amide bonds. The molecule has 8 nitrogen and oxygen atoms in total. The van der Waals surface area contributed by atoms with Gasteiger partial charge in [-0.1, -0.05) is 24.3 Å². The largest absolute Gasteiger partial charge is 0.508 e. The molecule has 0 aliphatic heterocycles. The van der Waals surface area contributed by atoms with Gasteiger partial charge in [0.1, 0.15) is 11.5 Å². The van der Waals surface area contributed by atoms with E-state index in [1.54, 1.807) is 29.2 Å². The van der Waals surface area contributed by atoms with Gasteiger partial charge in [0.2, 0.25) is 5.91 Å². The van der Waals surface area contributed by atoms with Crippen LogP contribution in [0.3, 0.4) is 0 Å². The molecule has 0 aromatic heterocycles. The lowest BCUT2D eigenvalue weighted by atomic mass is 10.0. The summed E-state index contributed by atoms with van der Waals surface area (Å²) in [6, 6.07) is 9.11. The van der Waals surface area contributed by atoms with Gasteiger partial charge in [-0.3, -0.25) is 9.59 Å².